The number of benzene rings is 4. The number of fused-ring (bicyclic) bond motifs is 1. The fraction of sp³-hybridized carbons (Fsp3) is 0.176. The molecule has 1 heterocycles. The van der Waals surface area contributed by atoms with Crippen molar-refractivity contribution in [3.05, 3.63) is 126 Å². The van der Waals surface area contributed by atoms with E-state index in [4.69, 9.17) is 0 Å². The molecule has 0 saturated heterocycles. The number of carbonyl (C=O) groups is 2. The Bertz CT molecular complexity index is 1610. The number of hydrogen-bond acceptors (Lipinski definition) is 3. The molecule has 40 heavy (non-hydrogen) atoms. The van der Waals surface area contributed by atoms with Gasteiger partial charge < -0.3 is 20.5 Å². The Morgan fingerprint density at radius 1 is 0.825 bits per heavy atom. The molecule has 0 fully saturated rings. The number of aromatic amines is 1. The fourth-order valence-electron chi connectivity index (χ4n) is 5.07. The molecule has 0 saturated carbocycles. The topological polar surface area (TPSA) is 77.2 Å². The monoisotopic (exact) mass is 530 g/mol. The van der Waals surface area contributed by atoms with E-state index >= 15 is 0 Å². The van der Waals surface area contributed by atoms with E-state index in [1.165, 1.54) is 0 Å². The van der Waals surface area contributed by atoms with Crippen molar-refractivity contribution >= 4 is 28.4 Å². The summed E-state index contributed by atoms with van der Waals surface area (Å²) in [6, 6.07) is 32.4. The third-order valence-corrected chi connectivity index (χ3v) is 7.13. The Balaban J connectivity index is 1.41. The number of aromatic nitrogens is 1. The van der Waals surface area contributed by atoms with E-state index in [1.54, 1.807) is 12.1 Å². The van der Waals surface area contributed by atoms with Crippen LogP contribution in [0.15, 0.2) is 109 Å². The number of rotatable bonds is 9. The molecule has 202 valence electrons. The number of anilines is 1. The summed E-state index contributed by atoms with van der Waals surface area (Å²) >= 11 is 0. The van der Waals surface area contributed by atoms with Crippen molar-refractivity contribution in [2.75, 3.05) is 19.4 Å². The highest BCUT2D eigenvalue weighted by Gasteiger charge is 2.30. The number of nitrogens with zero attached hydrogens (tertiary/aromatic N) is 1. The minimum atomic E-state index is -0.807. The standard InChI is InChI=1S/C34H34N4O2/c1-23(30-21-35-31-15-8-7-14-29(30)31)32(34(40)36-28-13-9-10-24(20-28)22-38(2)3)37-33(39)27-18-16-26(17-19-27)25-11-5-4-6-12-25/h4-21,23,32,35H,22H2,1-3H3,(H,36,40)(H,37,39)/t23-,32+/m0/s1. The summed E-state index contributed by atoms with van der Waals surface area (Å²) in [5.41, 5.74) is 6.34. The van der Waals surface area contributed by atoms with Crippen LogP contribution >= 0.6 is 0 Å². The number of carbonyl (C=O) groups excluding carboxylic acids is 2. The molecular weight excluding hydrogens is 496 g/mol. The van der Waals surface area contributed by atoms with E-state index in [9.17, 15) is 9.59 Å². The van der Waals surface area contributed by atoms with Gasteiger partial charge in [0.25, 0.3) is 5.91 Å². The molecule has 6 heteroatoms. The summed E-state index contributed by atoms with van der Waals surface area (Å²) < 4.78 is 0. The summed E-state index contributed by atoms with van der Waals surface area (Å²) in [5.74, 6) is -0.865. The van der Waals surface area contributed by atoms with Gasteiger partial charge in [0.2, 0.25) is 5.91 Å². The van der Waals surface area contributed by atoms with Crippen LogP contribution in [0.1, 0.15) is 34.3 Å². The van der Waals surface area contributed by atoms with Gasteiger partial charge in [-0.2, -0.15) is 0 Å². The molecule has 0 aliphatic heterocycles. The first-order chi connectivity index (χ1) is 19.4. The van der Waals surface area contributed by atoms with E-state index in [-0.39, 0.29) is 17.7 Å². The van der Waals surface area contributed by atoms with Gasteiger partial charge >= 0.3 is 0 Å². The van der Waals surface area contributed by atoms with Crippen molar-refractivity contribution < 1.29 is 9.59 Å². The molecule has 0 unspecified atom stereocenters. The molecule has 5 aromatic rings. The molecule has 0 spiro atoms. The second kappa shape index (κ2) is 12.0. The van der Waals surface area contributed by atoms with E-state index in [1.807, 2.05) is 118 Å². The first-order valence-electron chi connectivity index (χ1n) is 13.5. The van der Waals surface area contributed by atoms with E-state index in [0.29, 0.717) is 11.3 Å². The minimum Gasteiger partial charge on any atom is -0.361 e. The number of H-pyrrole nitrogens is 1. The molecule has 2 amide bonds. The van der Waals surface area contributed by atoms with Crippen molar-refractivity contribution in [3.63, 3.8) is 0 Å². The number of nitrogens with one attached hydrogen (secondary N) is 3. The zero-order valence-corrected chi connectivity index (χ0v) is 23.0. The van der Waals surface area contributed by atoms with Gasteiger partial charge in [0.15, 0.2) is 0 Å². The largest absolute Gasteiger partial charge is 0.361 e. The lowest BCUT2D eigenvalue weighted by Gasteiger charge is -2.25. The molecule has 0 radical (unpaired) electrons. The molecule has 1 aromatic heterocycles. The molecule has 0 aliphatic carbocycles. The van der Waals surface area contributed by atoms with Gasteiger partial charge in [-0.3, -0.25) is 9.59 Å². The quantitative estimate of drug-likeness (QED) is 0.205. The lowest BCUT2D eigenvalue weighted by molar-refractivity contribution is -0.118. The Labute approximate surface area is 235 Å². The highest BCUT2D eigenvalue weighted by Crippen LogP contribution is 2.29. The van der Waals surface area contributed by atoms with E-state index < -0.39 is 6.04 Å². The van der Waals surface area contributed by atoms with Gasteiger partial charge in [-0.1, -0.05) is 79.7 Å². The lowest BCUT2D eigenvalue weighted by atomic mass is 9.91. The van der Waals surface area contributed by atoms with Gasteiger partial charge in [0.05, 0.1) is 0 Å². The second-order valence-corrected chi connectivity index (χ2v) is 10.4. The Hall–Kier alpha value is -4.68. The number of para-hydroxylation sites is 1. The van der Waals surface area contributed by atoms with Crippen LogP contribution in [0.5, 0.6) is 0 Å². The highest BCUT2D eigenvalue weighted by molar-refractivity contribution is 6.02. The average molecular weight is 531 g/mol. The molecule has 0 aliphatic rings. The summed E-state index contributed by atoms with van der Waals surface area (Å²) in [5, 5.41) is 7.12. The number of hydrogen-bond donors (Lipinski definition) is 3. The maximum atomic E-state index is 13.8. The Kier molecular flexibility index (Phi) is 8.08. The summed E-state index contributed by atoms with van der Waals surface area (Å²) in [6.07, 6.45) is 1.92. The average Bonchev–Trinajstić information content (AvgIpc) is 3.40. The first kappa shape index (κ1) is 26.9. The predicted molar refractivity (Wildman–Crippen MR) is 162 cm³/mol. The molecule has 3 N–H and O–H groups in total. The highest BCUT2D eigenvalue weighted by atomic mass is 16.2. The molecule has 5 rings (SSSR count). The predicted octanol–water partition coefficient (Wildman–Crippen LogP) is 6.44. The molecule has 4 aromatic carbocycles. The van der Waals surface area contributed by atoms with Gasteiger partial charge in [0.1, 0.15) is 6.04 Å². The Morgan fingerprint density at radius 2 is 1.52 bits per heavy atom. The second-order valence-electron chi connectivity index (χ2n) is 10.4. The molecule has 6 nitrogen and oxygen atoms in total. The van der Waals surface area contributed by atoms with Gasteiger partial charge in [-0.05, 0) is 66.7 Å². The van der Waals surface area contributed by atoms with Crippen molar-refractivity contribution in [2.24, 2.45) is 0 Å². The van der Waals surface area contributed by atoms with Gasteiger partial charge in [0, 0.05) is 40.8 Å². The smallest absolute Gasteiger partial charge is 0.251 e. The molecular formula is C34H34N4O2. The molecule has 0 bridgehead atoms. The van der Waals surface area contributed by atoms with Crippen molar-refractivity contribution in [3.8, 4) is 11.1 Å². The minimum absolute atomic E-state index is 0.269. The zero-order valence-electron chi connectivity index (χ0n) is 23.0. The lowest BCUT2D eigenvalue weighted by Crippen LogP contribution is -2.47. The van der Waals surface area contributed by atoms with Crippen LogP contribution in [0.4, 0.5) is 5.69 Å². The van der Waals surface area contributed by atoms with E-state index in [2.05, 4.69) is 20.5 Å². The fourth-order valence-corrected chi connectivity index (χ4v) is 5.07. The van der Waals surface area contributed by atoms with Crippen molar-refractivity contribution in [1.82, 2.24) is 15.2 Å². The SMILES string of the molecule is C[C@@H](c1c[nH]c2ccccc12)[C@@H](NC(=O)c1ccc(-c2ccccc2)cc1)C(=O)Nc1cccc(CN(C)C)c1. The van der Waals surface area contributed by atoms with Crippen molar-refractivity contribution in [2.45, 2.75) is 25.4 Å². The van der Waals surface area contributed by atoms with Crippen LogP contribution in [-0.2, 0) is 11.3 Å². The Morgan fingerprint density at radius 3 is 2.27 bits per heavy atom. The van der Waals surface area contributed by atoms with Gasteiger partial charge in [-0.15, -0.1) is 0 Å². The molecule has 2 atom stereocenters. The van der Waals surface area contributed by atoms with Crippen molar-refractivity contribution in [1.29, 1.82) is 0 Å². The van der Waals surface area contributed by atoms with Crippen LogP contribution in [0.3, 0.4) is 0 Å². The van der Waals surface area contributed by atoms with Crippen LogP contribution in [0.25, 0.3) is 22.0 Å². The zero-order chi connectivity index (χ0) is 28.1. The number of amides is 2. The maximum Gasteiger partial charge on any atom is 0.251 e. The summed E-state index contributed by atoms with van der Waals surface area (Å²) in [4.78, 5) is 32.6. The summed E-state index contributed by atoms with van der Waals surface area (Å²) in [7, 11) is 4.01. The van der Waals surface area contributed by atoms with Crippen LogP contribution < -0.4 is 10.6 Å². The summed E-state index contributed by atoms with van der Waals surface area (Å²) in [6.45, 7) is 2.73. The van der Waals surface area contributed by atoms with Crippen LogP contribution in [-0.4, -0.2) is 41.8 Å². The maximum absolute atomic E-state index is 13.8. The normalized spacial score (nSPS) is 12.7. The van der Waals surface area contributed by atoms with E-state index in [0.717, 1.165) is 39.7 Å². The third kappa shape index (κ3) is 6.14. The van der Waals surface area contributed by atoms with Gasteiger partial charge in [-0.25, -0.2) is 0 Å². The third-order valence-electron chi connectivity index (χ3n) is 7.13. The first-order valence-corrected chi connectivity index (χ1v) is 13.5. The van der Waals surface area contributed by atoms with Crippen LogP contribution in [0, 0.1) is 0 Å². The van der Waals surface area contributed by atoms with Crippen LogP contribution in [0.2, 0.25) is 0 Å².